The van der Waals surface area contributed by atoms with E-state index in [2.05, 4.69) is 4.99 Å². The fraction of sp³-hybridized carbons (Fsp3) is 0.216. The molecule has 6 rings (SSSR count). The third-order valence-corrected chi connectivity index (χ3v) is 9.12. The zero-order valence-corrected chi connectivity index (χ0v) is 29.2. The zero-order valence-electron chi connectivity index (χ0n) is 28.4. The van der Waals surface area contributed by atoms with Crippen LogP contribution in [-0.2, 0) is 14.3 Å². The van der Waals surface area contributed by atoms with Gasteiger partial charge in [-0.25, -0.2) is 19.3 Å². The van der Waals surface area contributed by atoms with Crippen LogP contribution in [0.5, 0.6) is 5.75 Å². The first-order valence-electron chi connectivity index (χ1n) is 15.9. The van der Waals surface area contributed by atoms with E-state index in [1.807, 2.05) is 44.2 Å². The van der Waals surface area contributed by atoms with Crippen molar-refractivity contribution in [2.45, 2.75) is 26.8 Å². The third-order valence-electron chi connectivity index (χ3n) is 8.14. The number of hydrogen-bond acceptors (Lipinski definition) is 11. The van der Waals surface area contributed by atoms with E-state index in [9.17, 15) is 24.5 Å². The molecule has 0 saturated heterocycles. The normalized spacial score (nSPS) is 14.2. The Balaban J connectivity index is 1.55. The van der Waals surface area contributed by atoms with Gasteiger partial charge in [0.15, 0.2) is 10.6 Å². The Morgan fingerprint density at radius 1 is 1.04 bits per heavy atom. The number of nitro benzene ring substituents is 1. The highest BCUT2D eigenvalue weighted by Gasteiger charge is 2.34. The van der Waals surface area contributed by atoms with Gasteiger partial charge in [0.2, 0.25) is 0 Å². The van der Waals surface area contributed by atoms with Gasteiger partial charge in [0.25, 0.3) is 5.56 Å². The Morgan fingerprint density at radius 3 is 2.41 bits per heavy atom. The molecular weight excluding hydrogens is 675 g/mol. The van der Waals surface area contributed by atoms with Gasteiger partial charge < -0.3 is 14.2 Å². The highest BCUT2D eigenvalue weighted by atomic mass is 32.1. The van der Waals surface area contributed by atoms with Crippen molar-refractivity contribution in [1.29, 1.82) is 0 Å². The highest BCUT2D eigenvalue weighted by Crippen LogP contribution is 2.34. The summed E-state index contributed by atoms with van der Waals surface area (Å²) in [6.07, 6.45) is 3.40. The highest BCUT2D eigenvalue weighted by molar-refractivity contribution is 7.07. The van der Waals surface area contributed by atoms with Gasteiger partial charge in [-0.15, -0.1) is 0 Å². The molecule has 260 valence electrons. The first-order valence-corrected chi connectivity index (χ1v) is 16.7. The number of rotatable bonds is 10. The minimum absolute atomic E-state index is 0.0759. The van der Waals surface area contributed by atoms with Crippen molar-refractivity contribution in [2.75, 3.05) is 20.8 Å². The number of ether oxygens (including phenoxy) is 3. The molecule has 0 N–H and O–H groups in total. The van der Waals surface area contributed by atoms with E-state index in [1.54, 1.807) is 54.2 Å². The summed E-state index contributed by atoms with van der Waals surface area (Å²) >= 11 is 1.13. The maximum atomic E-state index is 14.4. The van der Waals surface area contributed by atoms with Gasteiger partial charge in [0.05, 0.1) is 58.8 Å². The number of thiazole rings is 1. The summed E-state index contributed by atoms with van der Waals surface area (Å²) in [4.78, 5) is 56.6. The Bertz CT molecular complexity index is 2370. The average molecular weight is 708 g/mol. The first-order chi connectivity index (χ1) is 24.5. The molecule has 1 aliphatic rings. The minimum Gasteiger partial charge on any atom is -0.490 e. The van der Waals surface area contributed by atoms with Crippen LogP contribution in [0.25, 0.3) is 23.0 Å². The number of aromatic nitrogens is 3. The molecule has 0 aliphatic carbocycles. The van der Waals surface area contributed by atoms with Crippen LogP contribution in [0, 0.1) is 16.0 Å². The number of nitro groups is 1. The molecule has 0 spiro atoms. The lowest BCUT2D eigenvalue weighted by atomic mass is 9.95. The lowest BCUT2D eigenvalue weighted by Gasteiger charge is -2.25. The molecule has 13 nitrogen and oxygen atoms in total. The van der Waals surface area contributed by atoms with Crippen LogP contribution in [0.3, 0.4) is 0 Å². The Kier molecular flexibility index (Phi) is 9.78. The molecule has 14 heteroatoms. The number of carbonyl (C=O) groups excluding carboxylic acids is 2. The number of esters is 2. The number of allylic oxidation sites excluding steroid dienone is 1. The summed E-state index contributed by atoms with van der Waals surface area (Å²) in [5.74, 6) is -0.956. The number of nitrogens with zero attached hydrogens (tertiary/aromatic N) is 5. The second-order valence-electron chi connectivity index (χ2n) is 12.0. The largest absolute Gasteiger partial charge is 0.490 e. The van der Waals surface area contributed by atoms with Gasteiger partial charge in [0.1, 0.15) is 5.69 Å². The lowest BCUT2D eigenvalue weighted by molar-refractivity contribution is -0.385. The quantitative estimate of drug-likeness (QED) is 0.111. The van der Waals surface area contributed by atoms with Gasteiger partial charge in [-0.3, -0.25) is 19.5 Å². The number of hydrogen-bond donors (Lipinski definition) is 0. The van der Waals surface area contributed by atoms with Crippen LogP contribution >= 0.6 is 11.3 Å². The number of benzene rings is 3. The van der Waals surface area contributed by atoms with Crippen LogP contribution in [0.4, 0.5) is 5.69 Å². The average Bonchev–Trinajstić information content (AvgIpc) is 3.69. The van der Waals surface area contributed by atoms with Gasteiger partial charge in [-0.05, 0) is 60.9 Å². The van der Waals surface area contributed by atoms with E-state index in [-0.39, 0.29) is 34.1 Å². The van der Waals surface area contributed by atoms with E-state index in [1.165, 1.54) is 30.9 Å². The number of para-hydroxylation sites is 1. The van der Waals surface area contributed by atoms with Crippen LogP contribution in [0.1, 0.15) is 48.3 Å². The van der Waals surface area contributed by atoms with E-state index in [0.717, 1.165) is 17.0 Å². The molecule has 5 aromatic rings. The predicted octanol–water partition coefficient (Wildman–Crippen LogP) is 4.99. The molecule has 3 heterocycles. The van der Waals surface area contributed by atoms with Crippen molar-refractivity contribution in [3.8, 4) is 22.7 Å². The second-order valence-corrected chi connectivity index (χ2v) is 13.1. The number of carbonyl (C=O) groups is 2. The minimum atomic E-state index is -0.912. The smallest absolute Gasteiger partial charge is 0.338 e. The van der Waals surface area contributed by atoms with Crippen LogP contribution in [-0.4, -0.2) is 52.0 Å². The summed E-state index contributed by atoms with van der Waals surface area (Å²) in [7, 11) is 2.64. The van der Waals surface area contributed by atoms with E-state index >= 15 is 0 Å². The molecule has 0 bridgehead atoms. The van der Waals surface area contributed by atoms with Crippen molar-refractivity contribution in [3.63, 3.8) is 0 Å². The monoisotopic (exact) mass is 707 g/mol. The SMILES string of the molecule is COC(=O)c1ccc(C2C(C(=O)OCC(C)C)=C(C)N=c3sc(=Cc4cn(-c5ccccc5)nc4-c4ccc(OC)c([N+](=O)[O-])c4)c(=O)n32)cc1. The molecule has 0 saturated carbocycles. The molecule has 3 aromatic carbocycles. The summed E-state index contributed by atoms with van der Waals surface area (Å²) in [5, 5.41) is 16.7. The van der Waals surface area contributed by atoms with Crippen molar-refractivity contribution in [2.24, 2.45) is 10.9 Å². The second kappa shape index (κ2) is 14.4. The molecular formula is C37H33N5O8S. The van der Waals surface area contributed by atoms with E-state index < -0.39 is 28.5 Å². The predicted molar refractivity (Wildman–Crippen MR) is 190 cm³/mol. The summed E-state index contributed by atoms with van der Waals surface area (Å²) in [5.41, 5.74) is 2.86. The number of methoxy groups -OCH3 is 2. The summed E-state index contributed by atoms with van der Waals surface area (Å²) in [6, 6.07) is 19.4. The molecule has 0 radical (unpaired) electrons. The number of fused-ring (bicyclic) bond motifs is 1. The fourth-order valence-electron chi connectivity index (χ4n) is 5.69. The molecule has 51 heavy (non-hydrogen) atoms. The van der Waals surface area contributed by atoms with E-state index in [0.29, 0.717) is 38.4 Å². The third kappa shape index (κ3) is 6.85. The van der Waals surface area contributed by atoms with Crippen molar-refractivity contribution >= 4 is 35.0 Å². The Morgan fingerprint density at radius 2 is 1.76 bits per heavy atom. The fourth-order valence-corrected chi connectivity index (χ4v) is 6.73. The van der Waals surface area contributed by atoms with Crippen LogP contribution in [0.2, 0.25) is 0 Å². The lowest BCUT2D eigenvalue weighted by Crippen LogP contribution is -2.40. The molecule has 2 aromatic heterocycles. The zero-order chi connectivity index (χ0) is 36.4. The van der Waals surface area contributed by atoms with Crippen LogP contribution < -0.4 is 19.6 Å². The standard InChI is InChI=1S/C37H33N5O8S/c1-21(2)20-50-36(45)31-22(3)38-37-41(33(31)23-11-13-24(14-12-23)35(44)49-5)34(43)30(51-37)18-26-19-40(27-9-7-6-8-10-27)39-32(26)25-15-16-29(48-4)28(17-25)42(46)47/h6-19,21,33H,20H2,1-5H3. The van der Waals surface area contributed by atoms with Gasteiger partial charge >= 0.3 is 17.6 Å². The molecule has 0 amide bonds. The van der Waals surface area contributed by atoms with Gasteiger partial charge in [-0.2, -0.15) is 5.10 Å². The Hall–Kier alpha value is -6.15. The molecule has 1 aliphatic heterocycles. The van der Waals surface area contributed by atoms with E-state index in [4.69, 9.17) is 19.3 Å². The van der Waals surface area contributed by atoms with Crippen molar-refractivity contribution in [1.82, 2.24) is 14.3 Å². The maximum Gasteiger partial charge on any atom is 0.338 e. The van der Waals surface area contributed by atoms with Crippen LogP contribution in [0.15, 0.2) is 100 Å². The topological polar surface area (TPSA) is 157 Å². The maximum absolute atomic E-state index is 14.4. The molecule has 1 atom stereocenters. The molecule has 0 fully saturated rings. The summed E-state index contributed by atoms with van der Waals surface area (Å²) < 4.78 is 19.0. The molecule has 1 unspecified atom stereocenters. The van der Waals surface area contributed by atoms with Gasteiger partial charge in [-0.1, -0.05) is 55.5 Å². The van der Waals surface area contributed by atoms with Crippen molar-refractivity contribution in [3.05, 3.63) is 137 Å². The summed E-state index contributed by atoms with van der Waals surface area (Å²) in [6.45, 7) is 5.71. The first kappa shape index (κ1) is 34.7. The van der Waals surface area contributed by atoms with Crippen molar-refractivity contribution < 1.29 is 28.7 Å². The van der Waals surface area contributed by atoms with Gasteiger partial charge in [0, 0.05) is 23.4 Å². The Labute approximate surface area is 295 Å².